The van der Waals surface area contributed by atoms with Crippen LogP contribution in [0.25, 0.3) is 0 Å². The standard InChI is InChI=1S/C8H17NOS/c1-5-11-7(3)8(9-4)6(2)10/h7-9H,5H2,1-4H3. The third-order valence-corrected chi connectivity index (χ3v) is 2.78. The van der Waals surface area contributed by atoms with E-state index < -0.39 is 0 Å². The van der Waals surface area contributed by atoms with Crippen LogP contribution in [-0.2, 0) is 4.79 Å². The number of Topliss-reactive ketones (excluding diaryl/α,β-unsaturated/α-hetero) is 1. The highest BCUT2D eigenvalue weighted by atomic mass is 32.2. The molecule has 2 atom stereocenters. The first-order valence-corrected chi connectivity index (χ1v) is 4.97. The van der Waals surface area contributed by atoms with E-state index in [1.807, 2.05) is 18.8 Å². The van der Waals surface area contributed by atoms with Gasteiger partial charge < -0.3 is 5.32 Å². The van der Waals surface area contributed by atoms with Gasteiger partial charge in [0.25, 0.3) is 0 Å². The van der Waals surface area contributed by atoms with Gasteiger partial charge in [-0.15, -0.1) is 0 Å². The van der Waals surface area contributed by atoms with Crippen molar-refractivity contribution in [2.24, 2.45) is 0 Å². The maximum Gasteiger partial charge on any atom is 0.147 e. The fourth-order valence-electron chi connectivity index (χ4n) is 1.13. The second-order valence-corrected chi connectivity index (χ2v) is 4.19. The summed E-state index contributed by atoms with van der Waals surface area (Å²) in [5.41, 5.74) is 0. The normalized spacial score (nSPS) is 16.0. The molecule has 0 saturated heterocycles. The summed E-state index contributed by atoms with van der Waals surface area (Å²) in [4.78, 5) is 11.0. The maximum atomic E-state index is 11.0. The van der Waals surface area contributed by atoms with Gasteiger partial charge in [0.2, 0.25) is 0 Å². The summed E-state index contributed by atoms with van der Waals surface area (Å²) in [6.45, 7) is 5.82. The molecule has 3 heteroatoms. The summed E-state index contributed by atoms with van der Waals surface area (Å²) < 4.78 is 0. The number of likely N-dealkylation sites (N-methyl/N-ethyl adjacent to an activating group) is 1. The minimum absolute atomic E-state index is 0.0138. The van der Waals surface area contributed by atoms with E-state index in [4.69, 9.17) is 0 Å². The maximum absolute atomic E-state index is 11.0. The van der Waals surface area contributed by atoms with E-state index in [9.17, 15) is 4.79 Å². The lowest BCUT2D eigenvalue weighted by Crippen LogP contribution is -2.40. The van der Waals surface area contributed by atoms with E-state index in [0.29, 0.717) is 5.25 Å². The summed E-state index contributed by atoms with van der Waals surface area (Å²) in [5, 5.41) is 3.39. The van der Waals surface area contributed by atoms with E-state index in [2.05, 4.69) is 19.2 Å². The summed E-state index contributed by atoms with van der Waals surface area (Å²) in [6, 6.07) is 0.0138. The molecule has 66 valence electrons. The van der Waals surface area contributed by atoms with Crippen LogP contribution in [0.3, 0.4) is 0 Å². The Labute approximate surface area is 73.1 Å². The molecule has 0 amide bonds. The van der Waals surface area contributed by atoms with Gasteiger partial charge in [-0.3, -0.25) is 4.79 Å². The van der Waals surface area contributed by atoms with Gasteiger partial charge in [-0.2, -0.15) is 11.8 Å². The molecule has 0 aliphatic carbocycles. The van der Waals surface area contributed by atoms with E-state index in [1.54, 1.807) is 6.92 Å². The molecule has 0 aromatic rings. The fraction of sp³-hybridized carbons (Fsp3) is 0.875. The van der Waals surface area contributed by atoms with Crippen LogP contribution in [0.2, 0.25) is 0 Å². The zero-order valence-electron chi connectivity index (χ0n) is 7.68. The number of nitrogens with one attached hydrogen (secondary N) is 1. The third-order valence-electron chi connectivity index (χ3n) is 1.65. The number of hydrogen-bond acceptors (Lipinski definition) is 3. The molecule has 0 bridgehead atoms. The van der Waals surface area contributed by atoms with Gasteiger partial charge in [-0.1, -0.05) is 13.8 Å². The first-order valence-electron chi connectivity index (χ1n) is 3.92. The Hall–Kier alpha value is -0.0200. The fourth-order valence-corrected chi connectivity index (χ4v) is 2.17. The van der Waals surface area contributed by atoms with Crippen LogP contribution in [0.4, 0.5) is 0 Å². The Morgan fingerprint density at radius 3 is 2.45 bits per heavy atom. The van der Waals surface area contributed by atoms with Crippen molar-refractivity contribution in [3.05, 3.63) is 0 Å². The molecule has 2 nitrogen and oxygen atoms in total. The molecule has 0 radical (unpaired) electrons. The van der Waals surface area contributed by atoms with E-state index in [0.717, 1.165) is 5.75 Å². The van der Waals surface area contributed by atoms with Crippen LogP contribution in [0, 0.1) is 0 Å². The molecular weight excluding hydrogens is 158 g/mol. The van der Waals surface area contributed by atoms with Crippen molar-refractivity contribution in [3.63, 3.8) is 0 Å². The Morgan fingerprint density at radius 2 is 2.18 bits per heavy atom. The monoisotopic (exact) mass is 175 g/mol. The Kier molecular flexibility index (Phi) is 5.60. The number of rotatable bonds is 5. The molecule has 0 spiro atoms. The van der Waals surface area contributed by atoms with E-state index >= 15 is 0 Å². The van der Waals surface area contributed by atoms with E-state index in [-0.39, 0.29) is 11.8 Å². The molecule has 0 aliphatic heterocycles. The highest BCUT2D eigenvalue weighted by molar-refractivity contribution is 7.99. The van der Waals surface area contributed by atoms with Crippen LogP contribution in [0.5, 0.6) is 0 Å². The van der Waals surface area contributed by atoms with Crippen LogP contribution in [-0.4, -0.2) is 29.9 Å². The molecule has 0 rings (SSSR count). The Bertz CT molecular complexity index is 127. The van der Waals surface area contributed by atoms with Gasteiger partial charge in [-0.05, 0) is 19.7 Å². The second-order valence-electron chi connectivity index (χ2n) is 2.54. The Morgan fingerprint density at radius 1 is 1.64 bits per heavy atom. The predicted octanol–water partition coefficient (Wildman–Crippen LogP) is 1.30. The third kappa shape index (κ3) is 3.77. The van der Waals surface area contributed by atoms with Gasteiger partial charge >= 0.3 is 0 Å². The lowest BCUT2D eigenvalue weighted by molar-refractivity contribution is -0.118. The molecule has 0 aliphatic rings. The number of thioether (sulfide) groups is 1. The number of carbonyl (C=O) groups is 1. The molecule has 0 aromatic heterocycles. The number of carbonyl (C=O) groups excluding carboxylic acids is 1. The zero-order chi connectivity index (χ0) is 8.85. The van der Waals surface area contributed by atoms with Crippen LogP contribution in [0.1, 0.15) is 20.8 Å². The van der Waals surface area contributed by atoms with Gasteiger partial charge in [0.1, 0.15) is 5.78 Å². The van der Waals surface area contributed by atoms with Gasteiger partial charge in [0.15, 0.2) is 0 Å². The SMILES string of the molecule is CCSC(C)C(NC)C(C)=O. The highest BCUT2D eigenvalue weighted by Crippen LogP contribution is 2.13. The molecule has 0 aromatic carbocycles. The van der Waals surface area contributed by atoms with Crippen molar-refractivity contribution >= 4 is 17.5 Å². The molecule has 2 unspecified atom stereocenters. The van der Waals surface area contributed by atoms with Crippen LogP contribution >= 0.6 is 11.8 Å². The summed E-state index contributed by atoms with van der Waals surface area (Å²) in [5.74, 6) is 1.29. The molecule has 0 saturated carbocycles. The van der Waals surface area contributed by atoms with Crippen molar-refractivity contribution < 1.29 is 4.79 Å². The second kappa shape index (κ2) is 5.61. The molecular formula is C8H17NOS. The predicted molar refractivity (Wildman–Crippen MR) is 51.1 cm³/mol. The van der Waals surface area contributed by atoms with Gasteiger partial charge in [-0.25, -0.2) is 0 Å². The topological polar surface area (TPSA) is 29.1 Å². The van der Waals surface area contributed by atoms with Crippen molar-refractivity contribution in [2.75, 3.05) is 12.8 Å². The molecule has 11 heavy (non-hydrogen) atoms. The zero-order valence-corrected chi connectivity index (χ0v) is 8.49. The smallest absolute Gasteiger partial charge is 0.147 e. The Balaban J connectivity index is 3.91. The minimum Gasteiger partial charge on any atom is -0.310 e. The average molecular weight is 175 g/mol. The summed E-state index contributed by atoms with van der Waals surface area (Å²) in [6.07, 6.45) is 0. The van der Waals surface area contributed by atoms with Crippen LogP contribution < -0.4 is 5.32 Å². The van der Waals surface area contributed by atoms with Gasteiger partial charge in [0.05, 0.1) is 6.04 Å². The highest BCUT2D eigenvalue weighted by Gasteiger charge is 2.18. The average Bonchev–Trinajstić information content (AvgIpc) is 1.88. The number of ketones is 1. The molecule has 1 N–H and O–H groups in total. The van der Waals surface area contributed by atoms with Crippen molar-refractivity contribution in [2.45, 2.75) is 32.1 Å². The summed E-state index contributed by atoms with van der Waals surface area (Å²) in [7, 11) is 1.83. The first kappa shape index (κ1) is 11.0. The van der Waals surface area contributed by atoms with Gasteiger partial charge in [0, 0.05) is 5.25 Å². The largest absolute Gasteiger partial charge is 0.310 e. The van der Waals surface area contributed by atoms with Crippen LogP contribution in [0.15, 0.2) is 0 Å². The molecule has 0 heterocycles. The van der Waals surface area contributed by atoms with E-state index in [1.165, 1.54) is 0 Å². The molecule has 0 fully saturated rings. The lowest BCUT2D eigenvalue weighted by atomic mass is 10.1. The minimum atomic E-state index is 0.0138. The van der Waals surface area contributed by atoms with Crippen molar-refractivity contribution in [1.29, 1.82) is 0 Å². The van der Waals surface area contributed by atoms with Crippen molar-refractivity contribution in [1.82, 2.24) is 5.32 Å². The first-order chi connectivity index (χ1) is 5.13. The summed E-state index contributed by atoms with van der Waals surface area (Å²) >= 11 is 1.81. The number of hydrogen-bond donors (Lipinski definition) is 1. The van der Waals surface area contributed by atoms with Crippen molar-refractivity contribution in [3.8, 4) is 0 Å². The quantitative estimate of drug-likeness (QED) is 0.683. The lowest BCUT2D eigenvalue weighted by Gasteiger charge is -2.19.